The number of rotatable bonds is 4. The Hall–Kier alpha value is -1.03. The van der Waals surface area contributed by atoms with Crippen LogP contribution in [0.25, 0.3) is 0 Å². The molecule has 0 unspecified atom stereocenters. The highest BCUT2D eigenvalue weighted by Crippen LogP contribution is 2.16. The van der Waals surface area contributed by atoms with E-state index in [2.05, 4.69) is 16.1 Å². The number of hydrogen-bond donors (Lipinski definition) is 1. The summed E-state index contributed by atoms with van der Waals surface area (Å²) in [4.78, 5) is 10.3. The molecule has 0 bridgehead atoms. The van der Waals surface area contributed by atoms with Gasteiger partial charge in [-0.2, -0.15) is 0 Å². The number of halogens is 1. The zero-order chi connectivity index (χ0) is 9.68. The van der Waals surface area contributed by atoms with E-state index in [-0.39, 0.29) is 6.42 Å². The lowest BCUT2D eigenvalue weighted by Gasteiger charge is -2.14. The molecule has 0 saturated carbocycles. The third kappa shape index (κ3) is 3.46. The van der Waals surface area contributed by atoms with Crippen molar-refractivity contribution < 1.29 is 9.90 Å². The van der Waals surface area contributed by atoms with E-state index in [0.29, 0.717) is 6.54 Å². The molecule has 3 nitrogen and oxygen atoms in total. The van der Waals surface area contributed by atoms with Gasteiger partial charge in [-0.05, 0) is 12.1 Å². The lowest BCUT2D eigenvalue weighted by Crippen LogP contribution is -2.14. The first kappa shape index (κ1) is 10.1. The van der Waals surface area contributed by atoms with E-state index in [1.54, 1.807) is 3.93 Å². The van der Waals surface area contributed by atoms with E-state index in [4.69, 9.17) is 5.11 Å². The SMILES string of the molecule is O=C(O)CCN(Br)c1ccccc1. The van der Waals surface area contributed by atoms with Gasteiger partial charge in [-0.15, -0.1) is 0 Å². The normalized spacial score (nSPS) is 9.62. The predicted octanol–water partition coefficient (Wildman–Crippen LogP) is 2.28. The first-order chi connectivity index (χ1) is 6.20. The van der Waals surface area contributed by atoms with Crippen molar-refractivity contribution in [3.05, 3.63) is 30.3 Å². The highest BCUT2D eigenvalue weighted by molar-refractivity contribution is 9.10. The van der Waals surface area contributed by atoms with Crippen LogP contribution in [0.4, 0.5) is 5.69 Å². The van der Waals surface area contributed by atoms with Gasteiger partial charge < -0.3 is 9.03 Å². The van der Waals surface area contributed by atoms with E-state index in [9.17, 15) is 4.79 Å². The molecule has 1 N–H and O–H groups in total. The number of carbonyl (C=O) groups is 1. The topological polar surface area (TPSA) is 40.5 Å². The largest absolute Gasteiger partial charge is 0.481 e. The van der Waals surface area contributed by atoms with Crippen LogP contribution < -0.4 is 3.93 Å². The number of carboxylic acid groups (broad SMARTS) is 1. The molecule has 0 saturated heterocycles. The quantitative estimate of drug-likeness (QED) is 0.826. The van der Waals surface area contributed by atoms with Crippen molar-refractivity contribution in [1.82, 2.24) is 0 Å². The molecule has 0 fully saturated rings. The lowest BCUT2D eigenvalue weighted by molar-refractivity contribution is -0.136. The van der Waals surface area contributed by atoms with Crippen LogP contribution >= 0.6 is 16.1 Å². The van der Waals surface area contributed by atoms with Gasteiger partial charge in [0, 0.05) is 28.4 Å². The van der Waals surface area contributed by atoms with E-state index < -0.39 is 5.97 Å². The fourth-order valence-corrected chi connectivity index (χ4v) is 1.33. The molecule has 4 heteroatoms. The van der Waals surface area contributed by atoms with Gasteiger partial charge >= 0.3 is 5.97 Å². The van der Waals surface area contributed by atoms with Crippen LogP contribution in [0.2, 0.25) is 0 Å². The fourth-order valence-electron chi connectivity index (χ4n) is 0.913. The lowest BCUT2D eigenvalue weighted by atomic mass is 10.3. The average molecular weight is 244 g/mol. The third-order valence-corrected chi connectivity index (χ3v) is 2.32. The van der Waals surface area contributed by atoms with Crippen molar-refractivity contribution in [3.8, 4) is 0 Å². The Labute approximate surface area is 85.3 Å². The van der Waals surface area contributed by atoms with Crippen LogP contribution in [0.15, 0.2) is 30.3 Å². The highest BCUT2D eigenvalue weighted by atomic mass is 79.9. The van der Waals surface area contributed by atoms with Crippen LogP contribution in [0.5, 0.6) is 0 Å². The molecule has 0 aliphatic carbocycles. The van der Waals surface area contributed by atoms with Gasteiger partial charge in [0.25, 0.3) is 0 Å². The Morgan fingerprint density at radius 1 is 1.38 bits per heavy atom. The monoisotopic (exact) mass is 243 g/mol. The molecule has 0 aliphatic rings. The molecule has 0 aromatic heterocycles. The standard InChI is InChI=1S/C9H10BrNO2/c10-11(7-6-9(12)13)8-4-2-1-3-5-8/h1-5H,6-7H2,(H,12,13). The Balaban J connectivity index is 2.49. The Bertz CT molecular complexity index is 276. The van der Waals surface area contributed by atoms with Crippen LogP contribution in [-0.2, 0) is 4.79 Å². The Morgan fingerprint density at radius 3 is 2.54 bits per heavy atom. The van der Waals surface area contributed by atoms with E-state index in [1.165, 1.54) is 0 Å². The van der Waals surface area contributed by atoms with Crippen molar-refractivity contribution in [2.45, 2.75) is 6.42 Å². The van der Waals surface area contributed by atoms with E-state index >= 15 is 0 Å². The second kappa shape index (κ2) is 4.87. The van der Waals surface area contributed by atoms with Crippen LogP contribution in [0, 0.1) is 0 Å². The summed E-state index contributed by atoms with van der Waals surface area (Å²) in [6.45, 7) is 0.458. The van der Waals surface area contributed by atoms with Gasteiger partial charge in [0.1, 0.15) is 0 Å². The first-order valence-electron chi connectivity index (χ1n) is 3.90. The summed E-state index contributed by atoms with van der Waals surface area (Å²) < 4.78 is 1.74. The maximum atomic E-state index is 10.3. The molecule has 0 heterocycles. The summed E-state index contributed by atoms with van der Waals surface area (Å²) >= 11 is 3.28. The summed E-state index contributed by atoms with van der Waals surface area (Å²) in [5.41, 5.74) is 0.962. The second-order valence-electron chi connectivity index (χ2n) is 2.57. The number of aliphatic carboxylic acids is 1. The van der Waals surface area contributed by atoms with Crippen LogP contribution in [0.1, 0.15) is 6.42 Å². The number of hydrogen-bond acceptors (Lipinski definition) is 2. The summed E-state index contributed by atoms with van der Waals surface area (Å²) in [5, 5.41) is 8.46. The molecule has 1 aromatic rings. The Kier molecular flexibility index (Phi) is 3.76. The summed E-state index contributed by atoms with van der Waals surface area (Å²) in [6.07, 6.45) is 0.125. The van der Waals surface area contributed by atoms with E-state index in [0.717, 1.165) is 5.69 Å². The summed E-state index contributed by atoms with van der Waals surface area (Å²) in [6, 6.07) is 9.56. The van der Waals surface area contributed by atoms with Crippen molar-refractivity contribution in [1.29, 1.82) is 0 Å². The Morgan fingerprint density at radius 2 is 2.00 bits per heavy atom. The maximum Gasteiger partial charge on any atom is 0.305 e. The molecule has 1 rings (SSSR count). The third-order valence-electron chi connectivity index (χ3n) is 1.56. The molecular weight excluding hydrogens is 234 g/mol. The summed E-state index contributed by atoms with van der Waals surface area (Å²) in [5.74, 6) is -0.791. The van der Waals surface area contributed by atoms with E-state index in [1.807, 2.05) is 30.3 Å². The molecule has 0 radical (unpaired) electrons. The minimum atomic E-state index is -0.791. The molecule has 70 valence electrons. The zero-order valence-corrected chi connectivity index (χ0v) is 8.57. The molecule has 0 amide bonds. The van der Waals surface area contributed by atoms with Crippen LogP contribution in [0.3, 0.4) is 0 Å². The molecule has 13 heavy (non-hydrogen) atoms. The summed E-state index contributed by atoms with van der Waals surface area (Å²) in [7, 11) is 0. The minimum absolute atomic E-state index is 0.125. The number of nitrogens with zero attached hydrogens (tertiary/aromatic N) is 1. The number of carboxylic acids is 1. The fraction of sp³-hybridized carbons (Fsp3) is 0.222. The molecular formula is C9H10BrNO2. The second-order valence-corrected chi connectivity index (χ2v) is 3.42. The maximum absolute atomic E-state index is 10.3. The predicted molar refractivity (Wildman–Crippen MR) is 55.0 cm³/mol. The highest BCUT2D eigenvalue weighted by Gasteiger charge is 2.03. The first-order valence-corrected chi connectivity index (χ1v) is 4.61. The molecule has 0 atom stereocenters. The van der Waals surface area contributed by atoms with Gasteiger partial charge in [0.2, 0.25) is 0 Å². The number of benzene rings is 1. The van der Waals surface area contributed by atoms with Gasteiger partial charge in [0.05, 0.1) is 6.42 Å². The van der Waals surface area contributed by atoms with Crippen molar-refractivity contribution in [2.24, 2.45) is 0 Å². The van der Waals surface area contributed by atoms with Crippen molar-refractivity contribution >= 4 is 27.8 Å². The van der Waals surface area contributed by atoms with Gasteiger partial charge in [-0.25, -0.2) is 0 Å². The molecule has 0 spiro atoms. The van der Waals surface area contributed by atoms with Gasteiger partial charge in [-0.1, -0.05) is 18.2 Å². The molecule has 0 aliphatic heterocycles. The average Bonchev–Trinajstić information content (AvgIpc) is 2.15. The number of para-hydroxylation sites is 1. The minimum Gasteiger partial charge on any atom is -0.481 e. The zero-order valence-electron chi connectivity index (χ0n) is 6.98. The van der Waals surface area contributed by atoms with Crippen molar-refractivity contribution in [2.75, 3.05) is 10.5 Å². The van der Waals surface area contributed by atoms with Gasteiger partial charge in [-0.3, -0.25) is 4.79 Å². The van der Waals surface area contributed by atoms with Crippen molar-refractivity contribution in [3.63, 3.8) is 0 Å². The van der Waals surface area contributed by atoms with Gasteiger partial charge in [0.15, 0.2) is 0 Å². The smallest absolute Gasteiger partial charge is 0.305 e. The number of anilines is 1. The van der Waals surface area contributed by atoms with Crippen LogP contribution in [-0.4, -0.2) is 17.6 Å². The molecule has 1 aromatic carbocycles.